The second-order valence-electron chi connectivity index (χ2n) is 6.68. The molecule has 0 saturated heterocycles. The average Bonchev–Trinajstić information content (AvgIpc) is 3.19. The molecule has 0 fully saturated rings. The Kier molecular flexibility index (Phi) is 6.67. The first kappa shape index (κ1) is 20.2. The number of hydrogen-bond donors (Lipinski definition) is 1. The van der Waals surface area contributed by atoms with Crippen molar-refractivity contribution in [2.24, 2.45) is 5.92 Å². The molecule has 3 aromatic rings. The highest BCUT2D eigenvalue weighted by Gasteiger charge is 2.16. The minimum Gasteiger partial charge on any atom is -0.493 e. The van der Waals surface area contributed by atoms with Gasteiger partial charge in [-0.1, -0.05) is 26.0 Å². The van der Waals surface area contributed by atoms with Gasteiger partial charge >= 0.3 is 0 Å². The summed E-state index contributed by atoms with van der Waals surface area (Å²) in [6, 6.07) is 14.4. The standard InChI is InChI=1S/C21H23N3O5/c1-14(2)12-27-16-10-8-15(9-11-16)20-21(24-29-23-20)22-19(25)13-28-18-7-5-4-6-17(18)26-3/h4-11,14H,12-13H2,1-3H3,(H,22,24,25). The third kappa shape index (κ3) is 5.47. The van der Waals surface area contributed by atoms with Crippen molar-refractivity contribution in [1.82, 2.24) is 10.3 Å². The van der Waals surface area contributed by atoms with Crippen LogP contribution in [0.25, 0.3) is 11.3 Å². The first-order valence-corrected chi connectivity index (χ1v) is 9.18. The van der Waals surface area contributed by atoms with Crippen LogP contribution in [0.1, 0.15) is 13.8 Å². The summed E-state index contributed by atoms with van der Waals surface area (Å²) in [5.74, 6) is 2.03. The quantitative estimate of drug-likeness (QED) is 0.587. The van der Waals surface area contributed by atoms with Gasteiger partial charge in [-0.25, -0.2) is 4.63 Å². The molecule has 8 nitrogen and oxygen atoms in total. The maximum atomic E-state index is 12.3. The maximum Gasteiger partial charge on any atom is 0.263 e. The number of carbonyl (C=O) groups is 1. The molecule has 0 radical (unpaired) electrons. The van der Waals surface area contributed by atoms with E-state index in [4.69, 9.17) is 18.8 Å². The number of ether oxygens (including phenoxy) is 3. The summed E-state index contributed by atoms with van der Waals surface area (Å²) in [5, 5.41) is 10.3. The zero-order chi connectivity index (χ0) is 20.6. The zero-order valence-electron chi connectivity index (χ0n) is 16.5. The van der Waals surface area contributed by atoms with E-state index in [0.717, 1.165) is 11.3 Å². The number of benzene rings is 2. The molecule has 0 bridgehead atoms. The Morgan fingerprint density at radius 1 is 1.03 bits per heavy atom. The first-order valence-electron chi connectivity index (χ1n) is 9.18. The molecule has 0 atom stereocenters. The lowest BCUT2D eigenvalue weighted by Crippen LogP contribution is -2.20. The van der Waals surface area contributed by atoms with Crippen molar-refractivity contribution in [3.8, 4) is 28.5 Å². The number of anilines is 1. The number of aromatic nitrogens is 2. The lowest BCUT2D eigenvalue weighted by atomic mass is 10.1. The van der Waals surface area contributed by atoms with E-state index in [2.05, 4.69) is 29.5 Å². The Labute approximate surface area is 168 Å². The molecule has 152 valence electrons. The van der Waals surface area contributed by atoms with E-state index in [1.165, 1.54) is 7.11 Å². The molecule has 29 heavy (non-hydrogen) atoms. The minimum absolute atomic E-state index is 0.214. The van der Waals surface area contributed by atoms with Gasteiger partial charge in [0.05, 0.1) is 13.7 Å². The van der Waals surface area contributed by atoms with Crippen LogP contribution in [0.15, 0.2) is 53.2 Å². The second kappa shape index (κ2) is 9.59. The monoisotopic (exact) mass is 397 g/mol. The Morgan fingerprint density at radius 2 is 1.76 bits per heavy atom. The third-order valence-electron chi connectivity index (χ3n) is 3.89. The predicted octanol–water partition coefficient (Wildman–Crippen LogP) is 3.80. The highest BCUT2D eigenvalue weighted by molar-refractivity contribution is 5.94. The fourth-order valence-electron chi connectivity index (χ4n) is 2.48. The molecular formula is C21H23N3O5. The number of carbonyl (C=O) groups excluding carboxylic acids is 1. The van der Waals surface area contributed by atoms with Crippen molar-refractivity contribution in [2.45, 2.75) is 13.8 Å². The molecule has 0 aliphatic heterocycles. The fraction of sp³-hybridized carbons (Fsp3) is 0.286. The van der Waals surface area contributed by atoms with Gasteiger partial charge in [0.1, 0.15) is 5.75 Å². The van der Waals surface area contributed by atoms with Gasteiger partial charge in [0, 0.05) is 5.56 Å². The molecule has 1 aromatic heterocycles. The number of rotatable bonds is 9. The molecule has 0 spiro atoms. The van der Waals surface area contributed by atoms with Gasteiger partial charge in [0.2, 0.25) is 5.82 Å². The SMILES string of the molecule is COc1ccccc1OCC(=O)Nc1nonc1-c1ccc(OCC(C)C)cc1. The lowest BCUT2D eigenvalue weighted by molar-refractivity contribution is -0.118. The number of nitrogens with zero attached hydrogens (tertiary/aromatic N) is 2. The minimum atomic E-state index is -0.398. The van der Waals surface area contributed by atoms with E-state index in [1.807, 2.05) is 30.3 Å². The van der Waals surface area contributed by atoms with E-state index in [9.17, 15) is 4.79 Å². The van der Waals surface area contributed by atoms with E-state index in [1.54, 1.807) is 18.2 Å². The molecule has 0 saturated carbocycles. The van der Waals surface area contributed by atoms with Crippen LogP contribution in [0.3, 0.4) is 0 Å². The topological polar surface area (TPSA) is 95.7 Å². The van der Waals surface area contributed by atoms with Crippen molar-refractivity contribution >= 4 is 11.7 Å². The molecule has 8 heteroatoms. The van der Waals surface area contributed by atoms with Crippen LogP contribution in [-0.2, 0) is 4.79 Å². The van der Waals surface area contributed by atoms with E-state index < -0.39 is 5.91 Å². The highest BCUT2D eigenvalue weighted by Crippen LogP contribution is 2.27. The van der Waals surface area contributed by atoms with Gasteiger partial charge in [0.25, 0.3) is 5.91 Å². The lowest BCUT2D eigenvalue weighted by Gasteiger charge is -2.10. The highest BCUT2D eigenvalue weighted by atomic mass is 16.6. The maximum absolute atomic E-state index is 12.3. The normalized spacial score (nSPS) is 10.6. The summed E-state index contributed by atoms with van der Waals surface area (Å²) in [5.41, 5.74) is 1.16. The number of methoxy groups -OCH3 is 1. The molecule has 2 aromatic carbocycles. The molecule has 0 unspecified atom stereocenters. The van der Waals surface area contributed by atoms with Gasteiger partial charge in [-0.15, -0.1) is 0 Å². The Hall–Kier alpha value is -3.55. The molecule has 0 aliphatic rings. The van der Waals surface area contributed by atoms with Crippen molar-refractivity contribution in [1.29, 1.82) is 0 Å². The van der Waals surface area contributed by atoms with E-state index in [0.29, 0.717) is 29.7 Å². The van der Waals surface area contributed by atoms with Gasteiger partial charge in [-0.3, -0.25) is 4.79 Å². The Bertz CT molecular complexity index is 937. The molecule has 3 rings (SSSR count). The average molecular weight is 397 g/mol. The van der Waals surface area contributed by atoms with Crippen LogP contribution in [0.4, 0.5) is 5.82 Å². The fourth-order valence-corrected chi connectivity index (χ4v) is 2.48. The summed E-state index contributed by atoms with van der Waals surface area (Å²) >= 11 is 0. The van der Waals surface area contributed by atoms with Gasteiger partial charge in [0.15, 0.2) is 23.8 Å². The number of nitrogens with one attached hydrogen (secondary N) is 1. The summed E-state index contributed by atoms with van der Waals surface area (Å²) in [6.45, 7) is 4.59. The molecule has 1 heterocycles. The second-order valence-corrected chi connectivity index (χ2v) is 6.68. The number of hydrogen-bond acceptors (Lipinski definition) is 7. The summed E-state index contributed by atoms with van der Waals surface area (Å²) < 4.78 is 21.2. The predicted molar refractivity (Wildman–Crippen MR) is 107 cm³/mol. The van der Waals surface area contributed by atoms with Crippen LogP contribution in [0, 0.1) is 5.92 Å². The van der Waals surface area contributed by atoms with Crippen LogP contribution in [-0.4, -0.2) is 36.5 Å². The summed E-state index contributed by atoms with van der Waals surface area (Å²) in [6.07, 6.45) is 0. The summed E-state index contributed by atoms with van der Waals surface area (Å²) in [7, 11) is 1.54. The molecule has 0 aliphatic carbocycles. The van der Waals surface area contributed by atoms with Crippen molar-refractivity contribution in [3.05, 3.63) is 48.5 Å². The van der Waals surface area contributed by atoms with Crippen LogP contribution >= 0.6 is 0 Å². The van der Waals surface area contributed by atoms with E-state index in [-0.39, 0.29) is 12.4 Å². The van der Waals surface area contributed by atoms with Gasteiger partial charge in [-0.2, -0.15) is 0 Å². The van der Waals surface area contributed by atoms with Crippen LogP contribution in [0.5, 0.6) is 17.2 Å². The number of para-hydroxylation sites is 2. The molecule has 1 N–H and O–H groups in total. The number of amides is 1. The van der Waals surface area contributed by atoms with Crippen LogP contribution < -0.4 is 19.5 Å². The Morgan fingerprint density at radius 3 is 2.45 bits per heavy atom. The van der Waals surface area contributed by atoms with Gasteiger partial charge < -0.3 is 19.5 Å². The molecular weight excluding hydrogens is 374 g/mol. The Balaban J connectivity index is 1.61. The van der Waals surface area contributed by atoms with Gasteiger partial charge in [-0.05, 0) is 52.6 Å². The van der Waals surface area contributed by atoms with E-state index >= 15 is 0 Å². The first-order chi connectivity index (χ1) is 14.1. The third-order valence-corrected chi connectivity index (χ3v) is 3.89. The van der Waals surface area contributed by atoms with Crippen LogP contribution in [0.2, 0.25) is 0 Å². The smallest absolute Gasteiger partial charge is 0.263 e. The zero-order valence-corrected chi connectivity index (χ0v) is 16.5. The van der Waals surface area contributed by atoms with Crippen molar-refractivity contribution < 1.29 is 23.6 Å². The molecule has 1 amide bonds. The van der Waals surface area contributed by atoms with Crippen molar-refractivity contribution in [3.63, 3.8) is 0 Å². The van der Waals surface area contributed by atoms with Crippen molar-refractivity contribution in [2.75, 3.05) is 25.6 Å². The summed E-state index contributed by atoms with van der Waals surface area (Å²) in [4.78, 5) is 12.3. The largest absolute Gasteiger partial charge is 0.493 e.